The third-order valence-electron chi connectivity index (χ3n) is 9.99. The Morgan fingerprint density at radius 1 is 0.491 bits per heavy atom. The number of fused-ring (bicyclic) bond motifs is 3. The minimum atomic E-state index is 0.642. The quantitative estimate of drug-likeness (QED) is 0.118. The molecule has 53 heavy (non-hydrogen) atoms. The Bertz CT molecular complexity index is 2710. The van der Waals surface area contributed by atoms with E-state index in [0.29, 0.717) is 17.5 Å². The summed E-state index contributed by atoms with van der Waals surface area (Å²) in [6.07, 6.45) is 3.19. The number of hydrogen-bond acceptors (Lipinski definition) is 4. The molecule has 0 unspecified atom stereocenters. The van der Waals surface area contributed by atoms with Crippen molar-refractivity contribution < 1.29 is 9.30 Å². The molecule has 5 heteroatoms. The zero-order valence-electron chi connectivity index (χ0n) is 29.7. The number of pyridine rings is 1. The van der Waals surface area contributed by atoms with Crippen LogP contribution in [0.15, 0.2) is 164 Å². The minimum absolute atomic E-state index is 0.642. The zero-order valence-corrected chi connectivity index (χ0v) is 29.7. The molecule has 7 aromatic carbocycles. The highest BCUT2D eigenvalue weighted by Gasteiger charge is 2.21. The molecular weight excluding hydrogens is 649 g/mol. The van der Waals surface area contributed by atoms with Crippen molar-refractivity contribution >= 4 is 32.4 Å². The van der Waals surface area contributed by atoms with E-state index in [0.717, 1.165) is 52.0 Å². The molecule has 0 aliphatic heterocycles. The first-order chi connectivity index (χ1) is 26.2. The van der Waals surface area contributed by atoms with Gasteiger partial charge in [0.1, 0.15) is 6.54 Å². The Morgan fingerprint density at radius 2 is 1.06 bits per heavy atom. The van der Waals surface area contributed by atoms with Gasteiger partial charge in [-0.05, 0) is 74.1 Å². The van der Waals surface area contributed by atoms with Gasteiger partial charge in [0.15, 0.2) is 29.4 Å². The highest BCUT2D eigenvalue weighted by Crippen LogP contribution is 2.42. The Labute approximate surface area is 308 Å². The van der Waals surface area contributed by atoms with Crippen molar-refractivity contribution in [2.75, 3.05) is 7.11 Å². The second-order valence-corrected chi connectivity index (χ2v) is 13.3. The van der Waals surface area contributed by atoms with E-state index in [-0.39, 0.29) is 0 Å². The maximum Gasteiger partial charge on any atom is 0.255 e. The standard InChI is InChI=1S/C48H37N4O/c1-3-28-52-29-12-19-41-40(26-27-43(53-2)45(41)52)44-39-18-11-10-17-37(39)30-38-25-24-36(31-42(38)44)32-20-22-35(23-21-32)48-50-46(33-13-6-4-7-14-33)49-47(51-48)34-15-8-5-9-16-34/h4-27,29-31H,3,28H2,1-2H3/q+1. The van der Waals surface area contributed by atoms with Crippen molar-refractivity contribution in [2.45, 2.75) is 19.9 Å². The molecule has 0 aliphatic carbocycles. The van der Waals surface area contributed by atoms with Gasteiger partial charge >= 0.3 is 0 Å². The van der Waals surface area contributed by atoms with Gasteiger partial charge in [0.25, 0.3) is 5.52 Å². The van der Waals surface area contributed by atoms with Crippen LogP contribution in [-0.4, -0.2) is 22.1 Å². The van der Waals surface area contributed by atoms with Crippen molar-refractivity contribution in [2.24, 2.45) is 0 Å². The van der Waals surface area contributed by atoms with E-state index in [9.17, 15) is 0 Å². The Kier molecular flexibility index (Phi) is 8.37. The fourth-order valence-electron chi connectivity index (χ4n) is 7.46. The van der Waals surface area contributed by atoms with Crippen LogP contribution in [0.3, 0.4) is 0 Å². The van der Waals surface area contributed by atoms with Crippen LogP contribution in [0.4, 0.5) is 0 Å². The molecule has 0 aliphatic rings. The first kappa shape index (κ1) is 32.2. The normalized spacial score (nSPS) is 11.4. The lowest BCUT2D eigenvalue weighted by atomic mass is 9.88. The summed E-state index contributed by atoms with van der Waals surface area (Å²) in [4.78, 5) is 14.7. The SMILES string of the molecule is CCC[n+]1cccc2c(-c3c4ccccc4cc4ccc(-c5ccc(-c6nc(-c7ccccc7)nc(-c7ccccc7)n6)cc5)cc34)ccc(OC)c21. The van der Waals surface area contributed by atoms with Crippen molar-refractivity contribution in [3.63, 3.8) is 0 Å². The summed E-state index contributed by atoms with van der Waals surface area (Å²) in [6, 6.07) is 55.3. The summed E-state index contributed by atoms with van der Waals surface area (Å²) in [6.45, 7) is 3.13. The average molecular weight is 686 g/mol. The van der Waals surface area contributed by atoms with Gasteiger partial charge in [0.2, 0.25) is 0 Å². The molecule has 9 rings (SSSR count). The van der Waals surface area contributed by atoms with Crippen LogP contribution in [0.5, 0.6) is 5.75 Å². The van der Waals surface area contributed by atoms with Gasteiger partial charge in [-0.2, -0.15) is 4.57 Å². The second-order valence-electron chi connectivity index (χ2n) is 13.3. The predicted octanol–water partition coefficient (Wildman–Crippen LogP) is 11.4. The van der Waals surface area contributed by atoms with Gasteiger partial charge in [0, 0.05) is 29.2 Å². The third-order valence-corrected chi connectivity index (χ3v) is 9.99. The molecule has 0 spiro atoms. The number of methoxy groups -OCH3 is 1. The Balaban J connectivity index is 1.18. The van der Waals surface area contributed by atoms with Gasteiger partial charge in [0.05, 0.1) is 12.5 Å². The van der Waals surface area contributed by atoms with Gasteiger partial charge in [-0.3, -0.25) is 0 Å². The van der Waals surface area contributed by atoms with Crippen LogP contribution < -0.4 is 9.30 Å². The van der Waals surface area contributed by atoms with Crippen LogP contribution in [-0.2, 0) is 6.54 Å². The van der Waals surface area contributed by atoms with Crippen LogP contribution in [0, 0.1) is 0 Å². The van der Waals surface area contributed by atoms with Gasteiger partial charge < -0.3 is 4.74 Å². The van der Waals surface area contributed by atoms with E-state index in [1.165, 1.54) is 38.1 Å². The number of ether oxygens (including phenoxy) is 1. The summed E-state index contributed by atoms with van der Waals surface area (Å²) in [5, 5.41) is 6.03. The minimum Gasteiger partial charge on any atom is -0.490 e. The van der Waals surface area contributed by atoms with Gasteiger partial charge in [-0.15, -0.1) is 0 Å². The van der Waals surface area contributed by atoms with Crippen molar-refractivity contribution in [3.8, 4) is 62.2 Å². The molecule has 0 saturated heterocycles. The monoisotopic (exact) mass is 685 g/mol. The molecule has 0 radical (unpaired) electrons. The number of nitrogens with zero attached hydrogens (tertiary/aromatic N) is 4. The van der Waals surface area contributed by atoms with Crippen LogP contribution in [0.25, 0.3) is 88.9 Å². The van der Waals surface area contributed by atoms with Gasteiger partial charge in [-0.25, -0.2) is 15.0 Å². The van der Waals surface area contributed by atoms with E-state index in [1.807, 2.05) is 60.7 Å². The lowest BCUT2D eigenvalue weighted by molar-refractivity contribution is -0.671. The summed E-state index contributed by atoms with van der Waals surface area (Å²) in [5.74, 6) is 2.83. The first-order valence-electron chi connectivity index (χ1n) is 18.1. The maximum absolute atomic E-state index is 5.92. The topological polar surface area (TPSA) is 51.8 Å². The number of hydrogen-bond donors (Lipinski definition) is 0. The summed E-state index contributed by atoms with van der Waals surface area (Å²) in [7, 11) is 1.76. The Morgan fingerprint density at radius 3 is 1.72 bits per heavy atom. The highest BCUT2D eigenvalue weighted by molar-refractivity contribution is 6.17. The van der Waals surface area contributed by atoms with E-state index in [4.69, 9.17) is 19.7 Å². The van der Waals surface area contributed by atoms with E-state index in [1.54, 1.807) is 7.11 Å². The fraction of sp³-hybridized carbons (Fsp3) is 0.0833. The molecule has 9 aromatic rings. The Hall–Kier alpha value is -6.72. The van der Waals surface area contributed by atoms with Gasteiger partial charge in [-0.1, -0.05) is 128 Å². The highest BCUT2D eigenvalue weighted by atomic mass is 16.5. The molecule has 5 nitrogen and oxygen atoms in total. The van der Waals surface area contributed by atoms with E-state index >= 15 is 0 Å². The van der Waals surface area contributed by atoms with Crippen molar-refractivity contribution in [3.05, 3.63) is 164 Å². The summed E-state index contributed by atoms with van der Waals surface area (Å²) >= 11 is 0. The molecule has 2 aromatic heterocycles. The molecule has 0 N–H and O–H groups in total. The third kappa shape index (κ3) is 5.96. The second kappa shape index (κ2) is 13.8. The number of rotatable bonds is 8. The van der Waals surface area contributed by atoms with Crippen LogP contribution in [0.1, 0.15) is 13.3 Å². The summed E-state index contributed by atoms with van der Waals surface area (Å²) in [5.41, 5.74) is 8.64. The van der Waals surface area contributed by atoms with Crippen molar-refractivity contribution in [1.82, 2.24) is 15.0 Å². The fourth-order valence-corrected chi connectivity index (χ4v) is 7.46. The predicted molar refractivity (Wildman–Crippen MR) is 217 cm³/mol. The molecular formula is C48H37N4O+. The molecule has 0 bridgehead atoms. The van der Waals surface area contributed by atoms with Crippen LogP contribution in [0.2, 0.25) is 0 Å². The molecule has 2 heterocycles. The van der Waals surface area contributed by atoms with Crippen molar-refractivity contribution in [1.29, 1.82) is 0 Å². The molecule has 0 saturated carbocycles. The van der Waals surface area contributed by atoms with Crippen LogP contribution >= 0.6 is 0 Å². The largest absolute Gasteiger partial charge is 0.490 e. The average Bonchev–Trinajstić information content (AvgIpc) is 3.23. The maximum atomic E-state index is 5.92. The lowest BCUT2D eigenvalue weighted by Crippen LogP contribution is -2.34. The number of aromatic nitrogens is 4. The molecule has 0 fully saturated rings. The van der Waals surface area contributed by atoms with E-state index in [2.05, 4.69) is 115 Å². The smallest absolute Gasteiger partial charge is 0.255 e. The lowest BCUT2D eigenvalue weighted by Gasteiger charge is -2.16. The molecule has 0 atom stereocenters. The number of benzene rings is 7. The van der Waals surface area contributed by atoms with E-state index < -0.39 is 0 Å². The number of aryl methyl sites for hydroxylation is 1. The zero-order chi connectivity index (χ0) is 35.7. The summed E-state index contributed by atoms with van der Waals surface area (Å²) < 4.78 is 8.24. The first-order valence-corrected chi connectivity index (χ1v) is 18.1. The molecule has 254 valence electrons. The molecule has 0 amide bonds.